The first-order valence-electron chi connectivity index (χ1n) is 13.4. The number of fused-ring (bicyclic) bond motifs is 1. The number of nitrogens with one attached hydrogen (secondary N) is 1. The summed E-state index contributed by atoms with van der Waals surface area (Å²) in [6, 6.07) is 17.8. The standard InChI is InChI=1S/C30H34N4O8S/c1-40-17-16-33(43(38,39)25-11-9-24(10-12-25)34(36)37)21-30(35)32(20-22-8-13-28(41-2)29(18-22)42-3)15-14-23-19-31-27-7-5-4-6-26(23)27/h4-13,18-19,31H,14-17,20-21H2,1-3H3. The monoisotopic (exact) mass is 610 g/mol. The summed E-state index contributed by atoms with van der Waals surface area (Å²) >= 11 is 0. The van der Waals surface area contributed by atoms with E-state index >= 15 is 0 Å². The van der Waals surface area contributed by atoms with Crippen molar-refractivity contribution in [2.45, 2.75) is 17.9 Å². The molecule has 0 aliphatic heterocycles. The molecule has 43 heavy (non-hydrogen) atoms. The number of sulfonamides is 1. The summed E-state index contributed by atoms with van der Waals surface area (Å²) < 4.78 is 44.1. The van der Waals surface area contributed by atoms with Crippen molar-refractivity contribution in [3.8, 4) is 11.5 Å². The van der Waals surface area contributed by atoms with Gasteiger partial charge in [0.25, 0.3) is 5.69 Å². The van der Waals surface area contributed by atoms with Crippen molar-refractivity contribution in [2.24, 2.45) is 0 Å². The Labute approximate surface area is 250 Å². The van der Waals surface area contributed by atoms with Crippen LogP contribution in [0, 0.1) is 10.1 Å². The lowest BCUT2D eigenvalue weighted by molar-refractivity contribution is -0.384. The quantitative estimate of drug-likeness (QED) is 0.157. The van der Waals surface area contributed by atoms with Crippen molar-refractivity contribution in [3.63, 3.8) is 0 Å². The van der Waals surface area contributed by atoms with E-state index in [9.17, 15) is 23.3 Å². The fourth-order valence-electron chi connectivity index (χ4n) is 4.70. The molecule has 0 atom stereocenters. The fraction of sp³-hybridized carbons (Fsp3) is 0.300. The minimum absolute atomic E-state index is 0.0461. The summed E-state index contributed by atoms with van der Waals surface area (Å²) in [5, 5.41) is 12.1. The number of amides is 1. The van der Waals surface area contributed by atoms with E-state index < -0.39 is 27.4 Å². The van der Waals surface area contributed by atoms with Gasteiger partial charge < -0.3 is 24.1 Å². The Hall–Kier alpha value is -4.46. The number of carbonyl (C=O) groups is 1. The number of methoxy groups -OCH3 is 3. The molecule has 0 bridgehead atoms. The van der Waals surface area contributed by atoms with Crippen molar-refractivity contribution in [3.05, 3.63) is 94.2 Å². The van der Waals surface area contributed by atoms with Gasteiger partial charge in [-0.25, -0.2) is 8.42 Å². The number of rotatable bonds is 15. The normalized spacial score (nSPS) is 11.5. The van der Waals surface area contributed by atoms with Crippen LogP contribution in [0.1, 0.15) is 11.1 Å². The van der Waals surface area contributed by atoms with E-state index in [-0.39, 0.29) is 30.3 Å². The van der Waals surface area contributed by atoms with Crippen LogP contribution in [0.5, 0.6) is 11.5 Å². The molecule has 0 saturated carbocycles. The number of benzene rings is 3. The van der Waals surface area contributed by atoms with Crippen LogP contribution in [0.25, 0.3) is 10.9 Å². The third kappa shape index (κ3) is 7.49. The lowest BCUT2D eigenvalue weighted by atomic mass is 10.1. The number of para-hydroxylation sites is 1. The highest BCUT2D eigenvalue weighted by Gasteiger charge is 2.29. The summed E-state index contributed by atoms with van der Waals surface area (Å²) in [5.74, 6) is 0.630. The number of non-ortho nitro benzene ring substituents is 1. The molecule has 4 aromatic rings. The van der Waals surface area contributed by atoms with E-state index in [1.54, 1.807) is 17.0 Å². The topological polar surface area (TPSA) is 144 Å². The number of H-pyrrole nitrogens is 1. The van der Waals surface area contributed by atoms with Crippen LogP contribution in [-0.2, 0) is 32.5 Å². The van der Waals surface area contributed by atoms with Gasteiger partial charge in [-0.2, -0.15) is 4.31 Å². The Balaban J connectivity index is 1.62. The minimum Gasteiger partial charge on any atom is -0.493 e. The van der Waals surface area contributed by atoms with Gasteiger partial charge in [0.15, 0.2) is 11.5 Å². The number of hydrogen-bond acceptors (Lipinski definition) is 8. The molecule has 0 aliphatic rings. The Morgan fingerprint density at radius 3 is 2.35 bits per heavy atom. The van der Waals surface area contributed by atoms with Crippen molar-refractivity contribution in [1.82, 2.24) is 14.2 Å². The number of aromatic nitrogens is 1. The molecule has 0 aliphatic carbocycles. The van der Waals surface area contributed by atoms with Crippen LogP contribution in [-0.4, -0.2) is 81.0 Å². The summed E-state index contributed by atoms with van der Waals surface area (Å²) in [6.45, 7) is 0.00450. The molecule has 1 amide bonds. The second-order valence-electron chi connectivity index (χ2n) is 9.70. The summed E-state index contributed by atoms with van der Waals surface area (Å²) in [5.41, 5.74) is 2.54. The smallest absolute Gasteiger partial charge is 0.269 e. The summed E-state index contributed by atoms with van der Waals surface area (Å²) in [6.07, 6.45) is 2.43. The number of ether oxygens (including phenoxy) is 3. The first-order chi connectivity index (χ1) is 20.7. The Kier molecular flexibility index (Phi) is 10.3. The molecule has 1 aromatic heterocycles. The van der Waals surface area contributed by atoms with E-state index in [1.807, 2.05) is 36.5 Å². The zero-order chi connectivity index (χ0) is 31.0. The average Bonchev–Trinajstić information content (AvgIpc) is 3.43. The molecule has 0 unspecified atom stereocenters. The maximum atomic E-state index is 13.9. The molecule has 1 N–H and O–H groups in total. The highest BCUT2D eigenvalue weighted by atomic mass is 32.2. The minimum atomic E-state index is -4.18. The molecular formula is C30H34N4O8S. The van der Waals surface area contributed by atoms with E-state index in [1.165, 1.54) is 21.3 Å². The van der Waals surface area contributed by atoms with Crippen LogP contribution in [0.4, 0.5) is 5.69 Å². The van der Waals surface area contributed by atoms with Gasteiger partial charge in [0, 0.05) is 56.0 Å². The third-order valence-electron chi connectivity index (χ3n) is 7.04. The van der Waals surface area contributed by atoms with Crippen LogP contribution >= 0.6 is 0 Å². The molecule has 0 saturated heterocycles. The first kappa shape index (κ1) is 31.5. The number of nitro benzene ring substituents is 1. The van der Waals surface area contributed by atoms with Gasteiger partial charge in [0.1, 0.15) is 0 Å². The van der Waals surface area contributed by atoms with E-state index in [2.05, 4.69) is 4.98 Å². The van der Waals surface area contributed by atoms with Gasteiger partial charge in [0.05, 0.1) is 37.2 Å². The van der Waals surface area contributed by atoms with Gasteiger partial charge in [-0.3, -0.25) is 14.9 Å². The third-order valence-corrected chi connectivity index (χ3v) is 8.90. The highest BCUT2D eigenvalue weighted by molar-refractivity contribution is 7.89. The molecule has 0 fully saturated rings. The Morgan fingerprint density at radius 1 is 0.953 bits per heavy atom. The van der Waals surface area contributed by atoms with Crippen molar-refractivity contribution in [1.29, 1.82) is 0 Å². The zero-order valence-electron chi connectivity index (χ0n) is 24.2. The van der Waals surface area contributed by atoms with Crippen molar-refractivity contribution in [2.75, 3.05) is 47.6 Å². The van der Waals surface area contributed by atoms with Gasteiger partial charge in [-0.05, 0) is 47.9 Å². The van der Waals surface area contributed by atoms with E-state index in [4.69, 9.17) is 14.2 Å². The molecular weight excluding hydrogens is 576 g/mol. The second-order valence-corrected chi connectivity index (χ2v) is 11.6. The average molecular weight is 611 g/mol. The predicted octanol–water partition coefficient (Wildman–Crippen LogP) is 4.00. The Morgan fingerprint density at radius 2 is 1.67 bits per heavy atom. The lowest BCUT2D eigenvalue weighted by Crippen LogP contribution is -2.44. The Bertz CT molecular complexity index is 1670. The molecule has 1 heterocycles. The largest absolute Gasteiger partial charge is 0.493 e. The van der Waals surface area contributed by atoms with Crippen LogP contribution in [0.3, 0.4) is 0 Å². The number of carbonyl (C=O) groups excluding carboxylic acids is 1. The van der Waals surface area contributed by atoms with Crippen LogP contribution in [0.2, 0.25) is 0 Å². The second kappa shape index (κ2) is 14.1. The number of nitro groups is 1. The maximum absolute atomic E-state index is 13.9. The van der Waals surface area contributed by atoms with Gasteiger partial charge in [-0.1, -0.05) is 24.3 Å². The molecule has 0 radical (unpaired) electrons. The zero-order valence-corrected chi connectivity index (χ0v) is 25.0. The van der Waals surface area contributed by atoms with Crippen LogP contribution in [0.15, 0.2) is 77.8 Å². The molecule has 13 heteroatoms. The predicted molar refractivity (Wildman–Crippen MR) is 161 cm³/mol. The van der Waals surface area contributed by atoms with E-state index in [0.717, 1.165) is 50.6 Å². The van der Waals surface area contributed by atoms with Crippen molar-refractivity contribution < 1.29 is 32.3 Å². The van der Waals surface area contributed by atoms with Gasteiger partial charge in [-0.15, -0.1) is 0 Å². The molecule has 3 aromatic carbocycles. The molecule has 228 valence electrons. The highest BCUT2D eigenvalue weighted by Crippen LogP contribution is 2.28. The molecule has 4 rings (SSSR count). The van der Waals surface area contributed by atoms with Crippen molar-refractivity contribution >= 4 is 32.5 Å². The number of nitrogens with zero attached hydrogens (tertiary/aromatic N) is 3. The van der Waals surface area contributed by atoms with Crippen LogP contribution < -0.4 is 9.47 Å². The number of aromatic amines is 1. The fourth-order valence-corrected chi connectivity index (χ4v) is 6.08. The van der Waals surface area contributed by atoms with E-state index in [0.29, 0.717) is 24.5 Å². The number of hydrogen-bond donors (Lipinski definition) is 1. The molecule has 12 nitrogen and oxygen atoms in total. The summed E-state index contributed by atoms with van der Waals surface area (Å²) in [4.78, 5) is 29.0. The first-order valence-corrected chi connectivity index (χ1v) is 14.9. The maximum Gasteiger partial charge on any atom is 0.269 e. The molecule has 0 spiro atoms. The lowest BCUT2D eigenvalue weighted by Gasteiger charge is -2.27. The van der Waals surface area contributed by atoms with Gasteiger partial charge >= 0.3 is 0 Å². The van der Waals surface area contributed by atoms with Gasteiger partial charge in [0.2, 0.25) is 15.9 Å². The SMILES string of the molecule is COCCN(CC(=O)N(CCc1c[nH]c2ccccc12)Cc1ccc(OC)c(OC)c1)S(=O)(=O)c1ccc([N+](=O)[O-])cc1. The summed E-state index contributed by atoms with van der Waals surface area (Å²) in [7, 11) is 0.314.